The normalized spacial score (nSPS) is 20.7. The summed E-state index contributed by atoms with van der Waals surface area (Å²) < 4.78 is 31.4. The average molecular weight is 274 g/mol. The van der Waals surface area contributed by atoms with Gasteiger partial charge in [0.25, 0.3) is 0 Å². The van der Waals surface area contributed by atoms with Crippen molar-refractivity contribution < 1.29 is 13.2 Å². The zero-order valence-electron chi connectivity index (χ0n) is 10.3. The van der Waals surface area contributed by atoms with Crippen molar-refractivity contribution in [2.75, 3.05) is 32.0 Å². The van der Waals surface area contributed by atoms with Crippen LogP contribution in [0.15, 0.2) is 11.1 Å². The first-order chi connectivity index (χ1) is 8.55. The van der Waals surface area contributed by atoms with Gasteiger partial charge >= 0.3 is 0 Å². The van der Waals surface area contributed by atoms with Crippen molar-refractivity contribution in [3.8, 4) is 0 Å². The minimum absolute atomic E-state index is 0.0447. The van der Waals surface area contributed by atoms with Crippen LogP contribution in [0.1, 0.15) is 13.3 Å². The van der Waals surface area contributed by atoms with Gasteiger partial charge in [0.1, 0.15) is 10.7 Å². The summed E-state index contributed by atoms with van der Waals surface area (Å²) in [5.74, 6) is 0.337. The fourth-order valence-corrected chi connectivity index (χ4v) is 3.58. The lowest BCUT2D eigenvalue weighted by molar-refractivity contribution is 0.181. The Morgan fingerprint density at radius 2 is 2.44 bits per heavy atom. The second kappa shape index (κ2) is 5.25. The van der Waals surface area contributed by atoms with Crippen LogP contribution in [-0.4, -0.2) is 49.2 Å². The number of nitrogen functional groups attached to an aromatic ring is 1. The van der Waals surface area contributed by atoms with Crippen molar-refractivity contribution in [1.29, 1.82) is 0 Å². The molecule has 0 aromatic carbocycles. The van der Waals surface area contributed by atoms with Crippen LogP contribution in [0.5, 0.6) is 0 Å². The number of aromatic nitrogens is 2. The molecule has 0 bridgehead atoms. The fourth-order valence-electron chi connectivity index (χ4n) is 2.04. The molecule has 7 nitrogen and oxygen atoms in total. The molecule has 0 amide bonds. The molecule has 1 aliphatic rings. The Hall–Kier alpha value is -1.12. The molecule has 3 N–H and O–H groups in total. The first-order valence-electron chi connectivity index (χ1n) is 5.92. The van der Waals surface area contributed by atoms with Crippen LogP contribution in [0.4, 0.5) is 5.82 Å². The molecule has 1 aromatic rings. The Morgan fingerprint density at radius 3 is 2.94 bits per heavy atom. The van der Waals surface area contributed by atoms with E-state index < -0.39 is 10.0 Å². The Morgan fingerprint density at radius 1 is 1.67 bits per heavy atom. The van der Waals surface area contributed by atoms with Crippen molar-refractivity contribution in [2.24, 2.45) is 5.92 Å². The summed E-state index contributed by atoms with van der Waals surface area (Å²) in [6.07, 6.45) is 2.14. The third-order valence-electron chi connectivity index (χ3n) is 3.09. The number of hydrogen-bond acceptors (Lipinski definition) is 5. The van der Waals surface area contributed by atoms with Gasteiger partial charge in [-0.15, -0.1) is 0 Å². The maximum atomic E-state index is 12.4. The molecule has 0 spiro atoms. The molecular formula is C10H18N4O3S. The van der Waals surface area contributed by atoms with Gasteiger partial charge in [0, 0.05) is 19.7 Å². The third-order valence-corrected chi connectivity index (χ3v) is 5.06. The highest BCUT2D eigenvalue weighted by atomic mass is 32.2. The number of rotatable bonds is 5. The maximum Gasteiger partial charge on any atom is 0.248 e. The van der Waals surface area contributed by atoms with Gasteiger partial charge in [-0.1, -0.05) is 6.92 Å². The summed E-state index contributed by atoms with van der Waals surface area (Å²) in [6, 6.07) is 0. The predicted octanol–water partition coefficient (Wildman–Crippen LogP) is 0.0390. The van der Waals surface area contributed by atoms with Gasteiger partial charge in [-0.3, -0.25) is 5.10 Å². The molecule has 0 radical (unpaired) electrons. The molecule has 1 fully saturated rings. The van der Waals surface area contributed by atoms with Crippen LogP contribution >= 0.6 is 0 Å². The van der Waals surface area contributed by atoms with Gasteiger partial charge in [-0.2, -0.15) is 9.40 Å². The van der Waals surface area contributed by atoms with Crippen LogP contribution in [0.25, 0.3) is 0 Å². The SMILES string of the molecule is CCN(CC1CCOC1)S(=O)(=O)c1cn[nH]c1N. The number of H-pyrrole nitrogens is 1. The van der Waals surface area contributed by atoms with Crippen molar-refractivity contribution in [3.05, 3.63) is 6.20 Å². The number of nitrogens with one attached hydrogen (secondary N) is 1. The van der Waals surface area contributed by atoms with Gasteiger partial charge in [0.15, 0.2) is 0 Å². The molecule has 8 heteroatoms. The van der Waals surface area contributed by atoms with Crippen LogP contribution in [-0.2, 0) is 14.8 Å². The van der Waals surface area contributed by atoms with E-state index in [-0.39, 0.29) is 16.6 Å². The number of anilines is 1. The average Bonchev–Trinajstić information content (AvgIpc) is 2.96. The molecule has 102 valence electrons. The highest BCUT2D eigenvalue weighted by molar-refractivity contribution is 7.89. The monoisotopic (exact) mass is 274 g/mol. The number of nitrogens with two attached hydrogens (primary N) is 1. The summed E-state index contributed by atoms with van der Waals surface area (Å²) in [6.45, 7) is 4.00. The highest BCUT2D eigenvalue weighted by Crippen LogP contribution is 2.22. The van der Waals surface area contributed by atoms with Crippen LogP contribution in [0.2, 0.25) is 0 Å². The Balaban J connectivity index is 2.18. The minimum Gasteiger partial charge on any atom is -0.383 e. The van der Waals surface area contributed by atoms with E-state index in [1.807, 2.05) is 6.92 Å². The van der Waals surface area contributed by atoms with E-state index in [4.69, 9.17) is 10.5 Å². The Bertz CT molecular complexity index is 493. The molecule has 1 unspecified atom stereocenters. The third kappa shape index (κ3) is 2.50. The van der Waals surface area contributed by atoms with Crippen molar-refractivity contribution >= 4 is 15.8 Å². The molecule has 1 aliphatic heterocycles. The lowest BCUT2D eigenvalue weighted by Gasteiger charge is -2.22. The van der Waals surface area contributed by atoms with Gasteiger partial charge in [-0.05, 0) is 12.3 Å². The van der Waals surface area contributed by atoms with E-state index in [1.54, 1.807) is 0 Å². The smallest absolute Gasteiger partial charge is 0.248 e. The Kier molecular flexibility index (Phi) is 3.88. The first-order valence-corrected chi connectivity index (χ1v) is 7.36. The van der Waals surface area contributed by atoms with E-state index in [2.05, 4.69) is 10.2 Å². The second-order valence-electron chi connectivity index (χ2n) is 4.33. The molecule has 18 heavy (non-hydrogen) atoms. The standard InChI is InChI=1S/C10H18N4O3S/c1-2-14(6-8-3-4-17-7-8)18(15,16)9-5-12-13-10(9)11/h5,8H,2-4,6-7H2,1H3,(H3,11,12,13). The largest absolute Gasteiger partial charge is 0.383 e. The Labute approximate surface area is 106 Å². The number of aromatic amines is 1. The summed E-state index contributed by atoms with van der Waals surface area (Å²) in [4.78, 5) is 0.0447. The van der Waals surface area contributed by atoms with Crippen LogP contribution in [0.3, 0.4) is 0 Å². The van der Waals surface area contributed by atoms with E-state index in [1.165, 1.54) is 10.5 Å². The summed E-state index contributed by atoms with van der Waals surface area (Å²) in [5, 5.41) is 6.10. The number of nitrogens with zero attached hydrogens (tertiary/aromatic N) is 2. The van der Waals surface area contributed by atoms with E-state index in [0.29, 0.717) is 26.3 Å². The number of sulfonamides is 1. The van der Waals surface area contributed by atoms with Crippen molar-refractivity contribution in [2.45, 2.75) is 18.2 Å². The van der Waals surface area contributed by atoms with Crippen molar-refractivity contribution in [1.82, 2.24) is 14.5 Å². The predicted molar refractivity (Wildman–Crippen MR) is 66.4 cm³/mol. The molecule has 1 aromatic heterocycles. The maximum absolute atomic E-state index is 12.4. The number of ether oxygens (including phenoxy) is 1. The fraction of sp³-hybridized carbons (Fsp3) is 0.700. The van der Waals surface area contributed by atoms with Crippen molar-refractivity contribution in [3.63, 3.8) is 0 Å². The zero-order valence-corrected chi connectivity index (χ0v) is 11.1. The van der Waals surface area contributed by atoms with Gasteiger partial charge < -0.3 is 10.5 Å². The van der Waals surface area contributed by atoms with E-state index >= 15 is 0 Å². The molecule has 0 aliphatic carbocycles. The van der Waals surface area contributed by atoms with Gasteiger partial charge in [0.2, 0.25) is 10.0 Å². The van der Waals surface area contributed by atoms with E-state index in [9.17, 15) is 8.42 Å². The highest BCUT2D eigenvalue weighted by Gasteiger charge is 2.30. The lowest BCUT2D eigenvalue weighted by atomic mass is 10.1. The minimum atomic E-state index is -3.57. The topological polar surface area (TPSA) is 101 Å². The zero-order chi connectivity index (χ0) is 13.2. The van der Waals surface area contributed by atoms with Crippen LogP contribution < -0.4 is 5.73 Å². The molecule has 1 saturated heterocycles. The summed E-state index contributed by atoms with van der Waals surface area (Å²) >= 11 is 0. The summed E-state index contributed by atoms with van der Waals surface area (Å²) in [5.41, 5.74) is 5.58. The molecule has 0 saturated carbocycles. The van der Waals surface area contributed by atoms with Gasteiger partial charge in [-0.25, -0.2) is 8.42 Å². The quantitative estimate of drug-likeness (QED) is 0.789. The lowest BCUT2D eigenvalue weighted by Crippen LogP contribution is -2.35. The summed E-state index contributed by atoms with van der Waals surface area (Å²) in [7, 11) is -3.57. The molecular weight excluding hydrogens is 256 g/mol. The van der Waals surface area contributed by atoms with Gasteiger partial charge in [0.05, 0.1) is 12.8 Å². The molecule has 1 atom stereocenters. The van der Waals surface area contributed by atoms with Crippen LogP contribution in [0, 0.1) is 5.92 Å². The molecule has 2 rings (SSSR count). The molecule has 2 heterocycles. The van der Waals surface area contributed by atoms with E-state index in [0.717, 1.165) is 6.42 Å². The number of hydrogen-bond donors (Lipinski definition) is 2. The first kappa shape index (κ1) is 13.3. The second-order valence-corrected chi connectivity index (χ2v) is 6.24.